The van der Waals surface area contributed by atoms with Gasteiger partial charge in [-0.25, -0.2) is 4.39 Å². The van der Waals surface area contributed by atoms with Crippen molar-refractivity contribution >= 4 is 83.8 Å². The largest absolute Gasteiger partial charge is 0.352 e. The molecule has 2 N–H and O–H groups in total. The van der Waals surface area contributed by atoms with Gasteiger partial charge in [-0.3, -0.25) is 9.35 Å². The lowest BCUT2D eigenvalue weighted by Crippen LogP contribution is -2.25. The number of carbonyl (C=O) groups excluding carboxylic acids is 1. The normalized spacial score (nSPS) is 12.9. The molecule has 0 spiro atoms. The van der Waals surface area contributed by atoms with Crippen LogP contribution in [-0.2, 0) is 10.1 Å². The summed E-state index contributed by atoms with van der Waals surface area (Å²) in [4.78, 5) is 12.2. The van der Waals surface area contributed by atoms with Crippen LogP contribution in [0.4, 0.5) is 4.39 Å². The quantitative estimate of drug-likeness (QED) is 0.177. The predicted molar refractivity (Wildman–Crippen MR) is 117 cm³/mol. The highest BCUT2D eigenvalue weighted by Crippen LogP contribution is 2.22. The molecule has 0 aliphatic heterocycles. The van der Waals surface area contributed by atoms with Crippen molar-refractivity contribution in [1.29, 1.82) is 0 Å². The number of alkyl halides is 1. The number of benzene rings is 1. The first-order chi connectivity index (χ1) is 11.1. The Morgan fingerprint density at radius 2 is 1.88 bits per heavy atom. The summed E-state index contributed by atoms with van der Waals surface area (Å²) in [5, 5.41) is 2.84. The number of hydrogen-bond acceptors (Lipinski definition) is 3. The van der Waals surface area contributed by atoms with E-state index in [-0.39, 0.29) is 12.3 Å². The second-order valence-electron chi connectivity index (χ2n) is 5.20. The van der Waals surface area contributed by atoms with Gasteiger partial charge >= 0.3 is 0 Å². The van der Waals surface area contributed by atoms with Crippen LogP contribution in [-0.4, -0.2) is 37.3 Å². The fourth-order valence-corrected chi connectivity index (χ4v) is 5.02. The minimum atomic E-state index is -4.26. The van der Waals surface area contributed by atoms with Crippen LogP contribution >= 0.6 is 67.8 Å². The number of halogens is 4. The summed E-state index contributed by atoms with van der Waals surface area (Å²) in [6, 6.07) is 3.84. The standard InChI is InChI=1S/C14H17FI3NO4S/c15-9(8-24(21,22)23)4-2-1-3-5-19-14(20)11-6-10(16)7-12(17)13(11)18/h6-7,9H,1-5,8H2,(H,19,20)(H,21,22,23). The third-order valence-corrected chi connectivity index (χ3v) is 7.56. The van der Waals surface area contributed by atoms with Gasteiger partial charge in [0.1, 0.15) is 11.9 Å². The first-order valence-electron chi connectivity index (χ1n) is 7.12. The fraction of sp³-hybridized carbons (Fsp3) is 0.500. The van der Waals surface area contributed by atoms with Gasteiger partial charge in [-0.05, 0) is 92.7 Å². The van der Waals surface area contributed by atoms with E-state index in [1.54, 1.807) is 0 Å². The average molecular weight is 695 g/mol. The molecule has 1 amide bonds. The van der Waals surface area contributed by atoms with Gasteiger partial charge in [0.15, 0.2) is 0 Å². The number of carbonyl (C=O) groups is 1. The lowest BCUT2D eigenvalue weighted by atomic mass is 10.1. The minimum Gasteiger partial charge on any atom is -0.352 e. The van der Waals surface area contributed by atoms with Crippen molar-refractivity contribution in [2.75, 3.05) is 12.3 Å². The van der Waals surface area contributed by atoms with E-state index in [1.165, 1.54) is 0 Å². The van der Waals surface area contributed by atoms with Crippen LogP contribution in [0.3, 0.4) is 0 Å². The zero-order valence-electron chi connectivity index (χ0n) is 12.6. The molecule has 0 fully saturated rings. The van der Waals surface area contributed by atoms with E-state index in [1.807, 2.05) is 12.1 Å². The highest BCUT2D eigenvalue weighted by atomic mass is 127. The van der Waals surface area contributed by atoms with E-state index < -0.39 is 22.0 Å². The summed E-state index contributed by atoms with van der Waals surface area (Å²) < 4.78 is 45.8. The Morgan fingerprint density at radius 1 is 1.21 bits per heavy atom. The van der Waals surface area contributed by atoms with Gasteiger partial charge in [-0.15, -0.1) is 0 Å². The number of rotatable bonds is 9. The maximum absolute atomic E-state index is 13.3. The molecule has 0 saturated carbocycles. The molecule has 24 heavy (non-hydrogen) atoms. The molecule has 1 atom stereocenters. The Hall–Kier alpha value is 0.720. The number of hydrogen-bond donors (Lipinski definition) is 2. The van der Waals surface area contributed by atoms with E-state index >= 15 is 0 Å². The highest BCUT2D eigenvalue weighted by molar-refractivity contribution is 14.1. The van der Waals surface area contributed by atoms with E-state index in [0.29, 0.717) is 31.4 Å². The molecule has 0 aromatic heterocycles. The molecule has 0 bridgehead atoms. The molecule has 0 aliphatic rings. The van der Waals surface area contributed by atoms with Gasteiger partial charge in [-0.1, -0.05) is 12.8 Å². The Morgan fingerprint density at radius 3 is 2.50 bits per heavy atom. The molecule has 1 rings (SSSR count). The molecular formula is C14H17FI3NO4S. The molecule has 1 unspecified atom stereocenters. The van der Waals surface area contributed by atoms with Gasteiger partial charge in [0.25, 0.3) is 16.0 Å². The maximum Gasteiger partial charge on any atom is 0.267 e. The first kappa shape index (κ1) is 22.8. The van der Waals surface area contributed by atoms with E-state index in [9.17, 15) is 17.6 Å². The fourth-order valence-electron chi connectivity index (χ4n) is 2.00. The van der Waals surface area contributed by atoms with Crippen LogP contribution in [0.25, 0.3) is 0 Å². The lowest BCUT2D eigenvalue weighted by Gasteiger charge is -2.09. The van der Waals surface area contributed by atoms with E-state index in [0.717, 1.165) is 10.7 Å². The minimum absolute atomic E-state index is 0.0840. The summed E-state index contributed by atoms with van der Waals surface area (Å²) in [5.74, 6) is -0.987. The predicted octanol–water partition coefficient (Wildman–Crippen LogP) is 4.02. The zero-order valence-corrected chi connectivity index (χ0v) is 19.9. The zero-order chi connectivity index (χ0) is 18.3. The summed E-state index contributed by atoms with van der Waals surface area (Å²) in [6.07, 6.45) is 0.394. The van der Waals surface area contributed by atoms with Gasteiger partial charge in [0.2, 0.25) is 0 Å². The van der Waals surface area contributed by atoms with Crippen molar-refractivity contribution in [3.63, 3.8) is 0 Å². The molecular weight excluding hydrogens is 678 g/mol. The van der Waals surface area contributed by atoms with Gasteiger partial charge < -0.3 is 5.32 Å². The summed E-state index contributed by atoms with van der Waals surface area (Å²) in [7, 11) is -4.26. The van der Waals surface area contributed by atoms with Crippen molar-refractivity contribution in [1.82, 2.24) is 5.32 Å². The SMILES string of the molecule is O=C(NCCCCCC(F)CS(=O)(=O)O)c1cc(I)cc(I)c1I. The molecule has 0 saturated heterocycles. The molecule has 1 aromatic carbocycles. The van der Waals surface area contributed by atoms with Gasteiger partial charge in [0, 0.05) is 17.3 Å². The van der Waals surface area contributed by atoms with Gasteiger partial charge in [0.05, 0.1) is 5.56 Å². The molecule has 10 heteroatoms. The van der Waals surface area contributed by atoms with Crippen LogP contribution in [0.2, 0.25) is 0 Å². The summed E-state index contributed by atoms with van der Waals surface area (Å²) in [6.45, 7) is 0.478. The van der Waals surface area contributed by atoms with Crippen molar-refractivity contribution in [3.05, 3.63) is 28.4 Å². The Kier molecular flexibility index (Phi) is 10.2. The smallest absolute Gasteiger partial charge is 0.267 e. The van der Waals surface area contributed by atoms with Crippen molar-refractivity contribution in [2.45, 2.75) is 31.9 Å². The Bertz CT molecular complexity index is 685. The number of unbranched alkanes of at least 4 members (excludes halogenated alkanes) is 2. The molecule has 0 aliphatic carbocycles. The van der Waals surface area contributed by atoms with Crippen LogP contribution in [0, 0.1) is 10.7 Å². The topological polar surface area (TPSA) is 83.5 Å². The van der Waals surface area contributed by atoms with Crippen molar-refractivity contribution < 1.29 is 22.2 Å². The van der Waals surface area contributed by atoms with Crippen LogP contribution in [0.1, 0.15) is 36.0 Å². The van der Waals surface area contributed by atoms with Crippen LogP contribution < -0.4 is 5.32 Å². The van der Waals surface area contributed by atoms with Crippen molar-refractivity contribution in [3.8, 4) is 0 Å². The summed E-state index contributed by atoms with van der Waals surface area (Å²) in [5.41, 5.74) is 0.642. The molecule has 1 aromatic rings. The number of amides is 1. The Balaban J connectivity index is 2.30. The highest BCUT2D eigenvalue weighted by Gasteiger charge is 2.15. The van der Waals surface area contributed by atoms with Crippen molar-refractivity contribution in [2.24, 2.45) is 0 Å². The van der Waals surface area contributed by atoms with Crippen LogP contribution in [0.5, 0.6) is 0 Å². The lowest BCUT2D eigenvalue weighted by molar-refractivity contribution is 0.0951. The molecule has 0 heterocycles. The molecule has 136 valence electrons. The second kappa shape index (κ2) is 10.8. The van der Waals surface area contributed by atoms with Gasteiger partial charge in [-0.2, -0.15) is 8.42 Å². The second-order valence-corrected chi connectivity index (χ2v) is 10.2. The number of nitrogens with one attached hydrogen (secondary N) is 1. The first-order valence-corrected chi connectivity index (χ1v) is 12.0. The molecule has 0 radical (unpaired) electrons. The van der Waals surface area contributed by atoms with E-state index in [2.05, 4.69) is 73.1 Å². The third-order valence-electron chi connectivity index (χ3n) is 3.11. The van der Waals surface area contributed by atoms with E-state index in [4.69, 9.17) is 4.55 Å². The summed E-state index contributed by atoms with van der Waals surface area (Å²) >= 11 is 6.51. The third kappa shape index (κ3) is 8.89. The Labute approximate surface area is 182 Å². The average Bonchev–Trinajstić information content (AvgIpc) is 2.44. The monoisotopic (exact) mass is 695 g/mol. The maximum atomic E-state index is 13.3. The molecule has 5 nitrogen and oxygen atoms in total. The van der Waals surface area contributed by atoms with Crippen LogP contribution in [0.15, 0.2) is 12.1 Å².